The summed E-state index contributed by atoms with van der Waals surface area (Å²) in [6.45, 7) is 6.26. The minimum atomic E-state index is -4.21. The molecule has 4 rings (SSSR count). The first kappa shape index (κ1) is 31.1. The Hall–Kier alpha value is -4.85. The molecule has 14 heteroatoms. The second-order valence-electron chi connectivity index (χ2n) is 9.81. The van der Waals surface area contributed by atoms with Crippen molar-refractivity contribution in [2.45, 2.75) is 45.1 Å². The molecule has 0 aliphatic carbocycles. The van der Waals surface area contributed by atoms with Crippen LogP contribution in [0, 0.1) is 10.1 Å². The molecule has 43 heavy (non-hydrogen) atoms. The van der Waals surface area contributed by atoms with E-state index in [-0.39, 0.29) is 40.0 Å². The summed E-state index contributed by atoms with van der Waals surface area (Å²) in [4.78, 5) is 37.7. The molecular weight excluding hydrogens is 576 g/mol. The van der Waals surface area contributed by atoms with Crippen LogP contribution in [0.2, 0.25) is 0 Å². The van der Waals surface area contributed by atoms with E-state index in [1.54, 1.807) is 19.1 Å². The number of nitrogens with one attached hydrogen (secondary N) is 1. The lowest BCUT2D eigenvalue weighted by Gasteiger charge is -2.27. The first-order valence-electron chi connectivity index (χ1n) is 13.6. The quantitative estimate of drug-likeness (QED) is 0.150. The number of hydrogen-bond donors (Lipinski definition) is 1. The normalized spacial score (nSPS) is 13.7. The zero-order chi connectivity index (χ0) is 31.3. The van der Waals surface area contributed by atoms with E-state index >= 15 is 0 Å². The molecule has 226 valence electrons. The lowest BCUT2D eigenvalue weighted by Crippen LogP contribution is -2.30. The maximum atomic E-state index is 13.0. The highest BCUT2D eigenvalue weighted by Gasteiger charge is 2.42. The van der Waals surface area contributed by atoms with E-state index in [0.29, 0.717) is 35.3 Å². The van der Waals surface area contributed by atoms with Crippen LogP contribution in [0.15, 0.2) is 69.7 Å². The van der Waals surface area contributed by atoms with Gasteiger partial charge in [0.05, 0.1) is 29.0 Å². The molecule has 3 aromatic rings. The zero-order valence-electron chi connectivity index (χ0n) is 24.2. The molecule has 0 saturated carbocycles. The third kappa shape index (κ3) is 6.48. The van der Waals surface area contributed by atoms with Crippen molar-refractivity contribution in [3.63, 3.8) is 0 Å². The molecule has 0 saturated heterocycles. The van der Waals surface area contributed by atoms with Gasteiger partial charge in [-0.1, -0.05) is 44.2 Å². The van der Waals surface area contributed by atoms with Crippen molar-refractivity contribution in [2.75, 3.05) is 30.4 Å². The summed E-state index contributed by atoms with van der Waals surface area (Å²) in [5, 5.41) is 22.8. The van der Waals surface area contributed by atoms with Crippen LogP contribution in [-0.2, 0) is 21.4 Å². The number of anilines is 2. The van der Waals surface area contributed by atoms with Crippen molar-refractivity contribution in [2.24, 2.45) is 10.2 Å². The van der Waals surface area contributed by atoms with Crippen LogP contribution >= 0.6 is 0 Å². The molecule has 1 aliphatic heterocycles. The van der Waals surface area contributed by atoms with E-state index in [1.807, 2.05) is 37.3 Å². The lowest BCUT2D eigenvalue weighted by atomic mass is 10.1. The van der Waals surface area contributed by atoms with Crippen molar-refractivity contribution < 1.29 is 27.7 Å². The summed E-state index contributed by atoms with van der Waals surface area (Å²) in [6.07, 6.45) is 1.20. The topological polar surface area (TPSA) is 164 Å². The van der Waals surface area contributed by atoms with Gasteiger partial charge < -0.3 is 15.0 Å². The summed E-state index contributed by atoms with van der Waals surface area (Å²) >= 11 is 0. The number of nitro benzene ring substituents is 1. The van der Waals surface area contributed by atoms with Crippen LogP contribution in [-0.4, -0.2) is 49.7 Å². The van der Waals surface area contributed by atoms with Crippen molar-refractivity contribution in [3.05, 3.63) is 75.8 Å². The van der Waals surface area contributed by atoms with Gasteiger partial charge in [-0.15, -0.1) is 10.2 Å². The number of amides is 2. The molecule has 1 aliphatic rings. The SMILES string of the molecule is CCCN(Cc1ccccc1)c1cc(NC(C)=O)c(N=Nc2cc3c(cc2[N+](=O)[O-])C(=O)N(CCC)S3(=O)=O)cc1OC. The fraction of sp³-hybridized carbons (Fsp3) is 0.310. The van der Waals surface area contributed by atoms with E-state index in [1.165, 1.54) is 14.0 Å². The summed E-state index contributed by atoms with van der Waals surface area (Å²) in [7, 11) is -2.72. The fourth-order valence-electron chi connectivity index (χ4n) is 4.76. The monoisotopic (exact) mass is 608 g/mol. The summed E-state index contributed by atoms with van der Waals surface area (Å²) in [5.74, 6) is -0.801. The van der Waals surface area contributed by atoms with E-state index in [0.717, 1.165) is 24.1 Å². The maximum Gasteiger partial charge on any atom is 0.297 e. The largest absolute Gasteiger partial charge is 0.494 e. The predicted octanol–water partition coefficient (Wildman–Crippen LogP) is 5.95. The van der Waals surface area contributed by atoms with E-state index in [9.17, 15) is 28.1 Å². The van der Waals surface area contributed by atoms with Gasteiger partial charge in [0.15, 0.2) is 5.69 Å². The molecule has 3 aromatic carbocycles. The highest BCUT2D eigenvalue weighted by Crippen LogP contribution is 2.42. The van der Waals surface area contributed by atoms with Crippen molar-refractivity contribution in [1.29, 1.82) is 0 Å². The third-order valence-electron chi connectivity index (χ3n) is 6.65. The van der Waals surface area contributed by atoms with E-state index in [2.05, 4.69) is 20.4 Å². The number of rotatable bonds is 12. The van der Waals surface area contributed by atoms with Crippen LogP contribution in [0.3, 0.4) is 0 Å². The molecule has 1 N–H and O–H groups in total. The number of azo groups is 1. The molecule has 0 bridgehead atoms. The number of benzene rings is 3. The maximum absolute atomic E-state index is 13.0. The molecule has 0 fully saturated rings. The van der Waals surface area contributed by atoms with Gasteiger partial charge in [-0.25, -0.2) is 12.7 Å². The fourth-order valence-corrected chi connectivity index (χ4v) is 6.42. The molecule has 0 aromatic heterocycles. The summed E-state index contributed by atoms with van der Waals surface area (Å²) in [5.41, 5.74) is 0.879. The first-order chi connectivity index (χ1) is 20.5. The van der Waals surface area contributed by atoms with Crippen molar-refractivity contribution in [1.82, 2.24) is 4.31 Å². The van der Waals surface area contributed by atoms with Gasteiger partial charge in [0.1, 0.15) is 16.3 Å². The molecule has 0 atom stereocenters. The second kappa shape index (κ2) is 13.0. The average Bonchev–Trinajstić information content (AvgIpc) is 3.15. The number of fused-ring (bicyclic) bond motifs is 1. The van der Waals surface area contributed by atoms with Gasteiger partial charge in [0, 0.05) is 38.7 Å². The van der Waals surface area contributed by atoms with Gasteiger partial charge in [-0.3, -0.25) is 19.7 Å². The summed E-state index contributed by atoms with van der Waals surface area (Å²) in [6, 6.07) is 15.0. The number of ether oxygens (including phenoxy) is 1. The minimum Gasteiger partial charge on any atom is -0.494 e. The van der Waals surface area contributed by atoms with E-state index in [4.69, 9.17) is 4.74 Å². The van der Waals surface area contributed by atoms with Crippen molar-refractivity contribution in [3.8, 4) is 5.75 Å². The number of nitrogens with zero attached hydrogens (tertiary/aromatic N) is 5. The van der Waals surface area contributed by atoms with Crippen LogP contribution in [0.1, 0.15) is 49.5 Å². The van der Waals surface area contributed by atoms with Gasteiger partial charge in [0.2, 0.25) is 5.91 Å². The Morgan fingerprint density at radius 2 is 1.77 bits per heavy atom. The van der Waals surface area contributed by atoms with Crippen LogP contribution < -0.4 is 15.0 Å². The molecule has 0 radical (unpaired) electrons. The number of carbonyl (C=O) groups is 2. The molecule has 1 heterocycles. The van der Waals surface area contributed by atoms with Crippen LogP contribution in [0.5, 0.6) is 5.75 Å². The molecule has 13 nitrogen and oxygen atoms in total. The number of hydrogen-bond acceptors (Lipinski definition) is 10. The number of carbonyl (C=O) groups excluding carboxylic acids is 2. The van der Waals surface area contributed by atoms with E-state index < -0.39 is 26.5 Å². The third-order valence-corrected chi connectivity index (χ3v) is 8.47. The van der Waals surface area contributed by atoms with Gasteiger partial charge in [-0.05, 0) is 30.5 Å². The van der Waals surface area contributed by atoms with Gasteiger partial charge in [0.25, 0.3) is 21.6 Å². The number of sulfonamides is 1. The Bertz CT molecular complexity index is 1690. The molecule has 0 unspecified atom stereocenters. The standard InChI is InChI=1S/C29H32N6O7S/c1-5-12-33(18-20-10-8-7-9-11-20)26-15-22(30-19(3)36)23(16-27(26)42-4)31-32-24-17-28-21(14-25(24)35(38)39)29(37)34(13-6-2)43(28,40)41/h7-11,14-17H,5-6,12-13,18H2,1-4H3,(H,30,36). The molecular formula is C29H32N6O7S. The van der Waals surface area contributed by atoms with Gasteiger partial charge in [-0.2, -0.15) is 0 Å². The summed E-state index contributed by atoms with van der Waals surface area (Å²) < 4.78 is 32.4. The Morgan fingerprint density at radius 3 is 2.37 bits per heavy atom. The first-order valence-corrected chi connectivity index (χ1v) is 15.1. The highest BCUT2D eigenvalue weighted by atomic mass is 32.2. The smallest absolute Gasteiger partial charge is 0.297 e. The van der Waals surface area contributed by atoms with Crippen molar-refractivity contribution >= 4 is 50.3 Å². The molecule has 2 amide bonds. The molecule has 0 spiro atoms. The lowest BCUT2D eigenvalue weighted by molar-refractivity contribution is -0.384. The van der Waals surface area contributed by atoms with Gasteiger partial charge >= 0.3 is 0 Å². The Kier molecular flexibility index (Phi) is 9.39. The zero-order valence-corrected chi connectivity index (χ0v) is 25.1. The average molecular weight is 609 g/mol. The highest BCUT2D eigenvalue weighted by molar-refractivity contribution is 7.90. The minimum absolute atomic E-state index is 0.0635. The van der Waals surface area contributed by atoms with Crippen LogP contribution in [0.25, 0.3) is 0 Å². The predicted molar refractivity (Wildman–Crippen MR) is 161 cm³/mol. The Morgan fingerprint density at radius 1 is 1.07 bits per heavy atom. The second-order valence-corrected chi connectivity index (χ2v) is 11.6. The van der Waals surface area contributed by atoms with Crippen LogP contribution in [0.4, 0.5) is 28.4 Å². The number of nitro groups is 1. The Balaban J connectivity index is 1.82. The Labute approximate surface area is 249 Å². The number of methoxy groups -OCH3 is 1.